The number of nitrogens with two attached hydrogens (primary N) is 1. The molecule has 0 aliphatic rings. The minimum atomic E-state index is 0.236. The summed E-state index contributed by atoms with van der Waals surface area (Å²) in [7, 11) is 0. The SMILES string of the molecule is CC(C)(CN)CCSc1ccncn1. The highest BCUT2D eigenvalue weighted by Crippen LogP contribution is 2.23. The molecule has 0 radical (unpaired) electrons. The Bertz CT molecular complexity index is 261. The van der Waals surface area contributed by atoms with E-state index < -0.39 is 0 Å². The van der Waals surface area contributed by atoms with E-state index in [1.165, 1.54) is 0 Å². The monoisotopic (exact) mass is 211 g/mol. The van der Waals surface area contributed by atoms with Gasteiger partial charge in [0.15, 0.2) is 0 Å². The highest BCUT2D eigenvalue weighted by atomic mass is 32.2. The molecule has 78 valence electrons. The quantitative estimate of drug-likeness (QED) is 0.597. The van der Waals surface area contributed by atoms with Crippen LogP contribution in [0.25, 0.3) is 0 Å². The average molecular weight is 211 g/mol. The summed E-state index contributed by atoms with van der Waals surface area (Å²) in [5.41, 5.74) is 5.89. The molecule has 0 spiro atoms. The lowest BCUT2D eigenvalue weighted by molar-refractivity contribution is 0.368. The molecule has 4 heteroatoms. The Kier molecular flexibility index (Phi) is 4.35. The molecule has 1 rings (SSSR count). The molecule has 0 aromatic carbocycles. The van der Waals surface area contributed by atoms with Crippen LogP contribution in [0.4, 0.5) is 0 Å². The maximum Gasteiger partial charge on any atom is 0.116 e. The van der Waals surface area contributed by atoms with Gasteiger partial charge in [-0.05, 0) is 24.4 Å². The van der Waals surface area contributed by atoms with Crippen molar-refractivity contribution in [1.29, 1.82) is 0 Å². The molecular weight excluding hydrogens is 194 g/mol. The maximum absolute atomic E-state index is 5.65. The van der Waals surface area contributed by atoms with Crippen LogP contribution >= 0.6 is 11.8 Å². The van der Waals surface area contributed by atoms with Gasteiger partial charge in [-0.1, -0.05) is 13.8 Å². The van der Waals surface area contributed by atoms with Gasteiger partial charge in [-0.3, -0.25) is 0 Å². The zero-order valence-corrected chi connectivity index (χ0v) is 9.55. The van der Waals surface area contributed by atoms with Gasteiger partial charge in [0.1, 0.15) is 6.33 Å². The van der Waals surface area contributed by atoms with Gasteiger partial charge in [-0.2, -0.15) is 0 Å². The fourth-order valence-electron chi connectivity index (χ4n) is 0.898. The molecule has 0 aliphatic carbocycles. The Labute approximate surface area is 89.5 Å². The number of hydrogen-bond donors (Lipinski definition) is 1. The third-order valence-corrected chi connectivity index (χ3v) is 3.08. The van der Waals surface area contributed by atoms with E-state index in [2.05, 4.69) is 23.8 Å². The van der Waals surface area contributed by atoms with E-state index in [0.717, 1.165) is 23.7 Å². The van der Waals surface area contributed by atoms with Crippen LogP contribution in [0.1, 0.15) is 20.3 Å². The second kappa shape index (κ2) is 5.32. The van der Waals surface area contributed by atoms with Gasteiger partial charge in [0.2, 0.25) is 0 Å². The predicted octanol–water partition coefficient (Wildman–Crippen LogP) is 1.94. The first-order valence-electron chi connectivity index (χ1n) is 4.73. The number of rotatable bonds is 5. The Balaban J connectivity index is 2.29. The van der Waals surface area contributed by atoms with Gasteiger partial charge in [0.05, 0.1) is 5.03 Å². The first-order chi connectivity index (χ1) is 6.64. The van der Waals surface area contributed by atoms with Crippen molar-refractivity contribution in [1.82, 2.24) is 9.97 Å². The highest BCUT2D eigenvalue weighted by molar-refractivity contribution is 7.99. The van der Waals surface area contributed by atoms with Crippen LogP contribution in [-0.2, 0) is 0 Å². The average Bonchev–Trinajstić information content (AvgIpc) is 2.19. The first kappa shape index (κ1) is 11.5. The van der Waals surface area contributed by atoms with E-state index in [1.54, 1.807) is 24.3 Å². The molecule has 3 nitrogen and oxygen atoms in total. The van der Waals surface area contributed by atoms with Crippen molar-refractivity contribution in [3.63, 3.8) is 0 Å². The molecule has 0 saturated heterocycles. The molecule has 0 saturated carbocycles. The number of hydrogen-bond acceptors (Lipinski definition) is 4. The second-order valence-corrected chi connectivity index (χ2v) is 5.13. The lowest BCUT2D eigenvalue weighted by Gasteiger charge is -2.21. The molecular formula is C10H17N3S. The molecule has 0 fully saturated rings. The van der Waals surface area contributed by atoms with Gasteiger partial charge < -0.3 is 5.73 Å². The van der Waals surface area contributed by atoms with Crippen LogP contribution in [-0.4, -0.2) is 22.3 Å². The van der Waals surface area contributed by atoms with Gasteiger partial charge in [0.25, 0.3) is 0 Å². The molecule has 1 aromatic rings. The molecule has 2 N–H and O–H groups in total. The predicted molar refractivity (Wildman–Crippen MR) is 60.2 cm³/mol. The Morgan fingerprint density at radius 3 is 2.86 bits per heavy atom. The molecule has 0 amide bonds. The smallest absolute Gasteiger partial charge is 0.116 e. The zero-order chi connectivity index (χ0) is 10.4. The van der Waals surface area contributed by atoms with Crippen LogP contribution in [0, 0.1) is 5.41 Å². The van der Waals surface area contributed by atoms with Crippen LogP contribution < -0.4 is 5.73 Å². The van der Waals surface area contributed by atoms with Crippen LogP contribution in [0.5, 0.6) is 0 Å². The lowest BCUT2D eigenvalue weighted by atomic mass is 9.91. The lowest BCUT2D eigenvalue weighted by Crippen LogP contribution is -2.24. The first-order valence-corrected chi connectivity index (χ1v) is 5.71. The molecule has 1 heterocycles. The van der Waals surface area contributed by atoms with Gasteiger partial charge in [-0.15, -0.1) is 11.8 Å². The summed E-state index contributed by atoms with van der Waals surface area (Å²) in [6.07, 6.45) is 4.46. The summed E-state index contributed by atoms with van der Waals surface area (Å²) in [6.45, 7) is 5.11. The summed E-state index contributed by atoms with van der Waals surface area (Å²) >= 11 is 1.76. The molecule has 0 bridgehead atoms. The fourth-order valence-corrected chi connectivity index (χ4v) is 2.04. The van der Waals surface area contributed by atoms with Crippen molar-refractivity contribution in [2.75, 3.05) is 12.3 Å². The number of aromatic nitrogens is 2. The van der Waals surface area contributed by atoms with E-state index >= 15 is 0 Å². The van der Waals surface area contributed by atoms with Gasteiger partial charge in [-0.25, -0.2) is 9.97 Å². The minimum absolute atomic E-state index is 0.236. The topological polar surface area (TPSA) is 51.8 Å². The largest absolute Gasteiger partial charge is 0.330 e. The normalized spacial score (nSPS) is 11.6. The van der Waals surface area contributed by atoms with Crippen molar-refractivity contribution in [2.24, 2.45) is 11.1 Å². The van der Waals surface area contributed by atoms with Crippen molar-refractivity contribution < 1.29 is 0 Å². The van der Waals surface area contributed by atoms with Crippen molar-refractivity contribution >= 4 is 11.8 Å². The van der Waals surface area contributed by atoms with Crippen molar-refractivity contribution in [3.05, 3.63) is 18.6 Å². The number of nitrogens with zero attached hydrogens (tertiary/aromatic N) is 2. The second-order valence-electron chi connectivity index (χ2n) is 4.01. The highest BCUT2D eigenvalue weighted by Gasteiger charge is 2.14. The van der Waals surface area contributed by atoms with Crippen molar-refractivity contribution in [2.45, 2.75) is 25.3 Å². The third kappa shape index (κ3) is 4.07. The van der Waals surface area contributed by atoms with E-state index in [9.17, 15) is 0 Å². The minimum Gasteiger partial charge on any atom is -0.330 e. The van der Waals surface area contributed by atoms with Crippen LogP contribution in [0.2, 0.25) is 0 Å². The zero-order valence-electron chi connectivity index (χ0n) is 8.73. The third-order valence-electron chi connectivity index (χ3n) is 2.14. The summed E-state index contributed by atoms with van der Waals surface area (Å²) in [5, 5.41) is 1.04. The van der Waals surface area contributed by atoms with E-state index in [-0.39, 0.29) is 5.41 Å². The molecule has 14 heavy (non-hydrogen) atoms. The van der Waals surface area contributed by atoms with E-state index in [0.29, 0.717) is 0 Å². The summed E-state index contributed by atoms with van der Waals surface area (Å²) in [6, 6.07) is 1.93. The Morgan fingerprint density at radius 2 is 2.29 bits per heavy atom. The molecule has 0 aliphatic heterocycles. The van der Waals surface area contributed by atoms with E-state index in [4.69, 9.17) is 5.73 Å². The summed E-state index contributed by atoms with van der Waals surface area (Å²) in [5.74, 6) is 1.06. The maximum atomic E-state index is 5.65. The van der Waals surface area contributed by atoms with Crippen LogP contribution in [0.15, 0.2) is 23.6 Å². The summed E-state index contributed by atoms with van der Waals surface area (Å²) in [4.78, 5) is 8.02. The van der Waals surface area contributed by atoms with Crippen LogP contribution in [0.3, 0.4) is 0 Å². The Hall–Kier alpha value is -0.610. The Morgan fingerprint density at radius 1 is 1.50 bits per heavy atom. The fraction of sp³-hybridized carbons (Fsp3) is 0.600. The van der Waals surface area contributed by atoms with E-state index in [1.807, 2.05) is 6.07 Å². The standard InChI is InChI=1S/C10H17N3S/c1-10(2,7-11)4-6-14-9-3-5-12-8-13-9/h3,5,8H,4,6-7,11H2,1-2H3. The number of thioether (sulfide) groups is 1. The van der Waals surface area contributed by atoms with Gasteiger partial charge in [0, 0.05) is 11.9 Å². The molecule has 0 atom stereocenters. The van der Waals surface area contributed by atoms with Crippen molar-refractivity contribution in [3.8, 4) is 0 Å². The molecule has 1 aromatic heterocycles. The summed E-state index contributed by atoms with van der Waals surface area (Å²) < 4.78 is 0. The van der Waals surface area contributed by atoms with Gasteiger partial charge >= 0.3 is 0 Å². The molecule has 0 unspecified atom stereocenters.